The van der Waals surface area contributed by atoms with Crippen LogP contribution in [-0.4, -0.2) is 30.5 Å². The number of hydrogen-bond donors (Lipinski definition) is 2. The van der Waals surface area contributed by atoms with E-state index in [9.17, 15) is 9.59 Å². The number of carbonyl (C=O) groups excluding carboxylic acids is 2. The van der Waals surface area contributed by atoms with Gasteiger partial charge in [0.15, 0.2) is 0 Å². The molecule has 1 saturated carbocycles. The van der Waals surface area contributed by atoms with Crippen molar-refractivity contribution in [1.29, 1.82) is 0 Å². The number of ether oxygens (including phenoxy) is 1. The fourth-order valence-corrected chi connectivity index (χ4v) is 3.57. The van der Waals surface area contributed by atoms with E-state index in [1.807, 2.05) is 24.3 Å². The summed E-state index contributed by atoms with van der Waals surface area (Å²) in [5.41, 5.74) is 1.09. The van der Waals surface area contributed by atoms with Crippen LogP contribution in [0, 0.1) is 0 Å². The third kappa shape index (κ3) is 5.48. The molecule has 2 aliphatic rings. The van der Waals surface area contributed by atoms with Crippen LogP contribution in [0.25, 0.3) is 0 Å². The van der Waals surface area contributed by atoms with Gasteiger partial charge in [-0.25, -0.2) is 0 Å². The van der Waals surface area contributed by atoms with Gasteiger partial charge in [0.25, 0.3) is 0 Å². The van der Waals surface area contributed by atoms with E-state index in [4.69, 9.17) is 4.74 Å². The number of carbonyl (C=O) groups is 2. The predicted molar refractivity (Wildman–Crippen MR) is 96.4 cm³/mol. The van der Waals surface area contributed by atoms with E-state index in [0.29, 0.717) is 25.5 Å². The summed E-state index contributed by atoms with van der Waals surface area (Å²) < 4.78 is 6.02. The van der Waals surface area contributed by atoms with Gasteiger partial charge in [0.1, 0.15) is 11.8 Å². The topological polar surface area (TPSA) is 67.4 Å². The monoisotopic (exact) mass is 344 g/mol. The lowest BCUT2D eigenvalue weighted by molar-refractivity contribution is -0.128. The molecule has 1 aromatic rings. The largest absolute Gasteiger partial charge is 0.490 e. The molecule has 3 rings (SSSR count). The number of amides is 2. The van der Waals surface area contributed by atoms with Gasteiger partial charge in [0, 0.05) is 13.0 Å². The minimum absolute atomic E-state index is 0.0576. The molecule has 2 amide bonds. The van der Waals surface area contributed by atoms with Crippen LogP contribution in [0.4, 0.5) is 0 Å². The lowest BCUT2D eigenvalue weighted by Gasteiger charge is -2.16. The molecule has 5 heteroatoms. The Balaban J connectivity index is 1.47. The summed E-state index contributed by atoms with van der Waals surface area (Å²) in [5.74, 6) is 0.773. The molecule has 136 valence electrons. The van der Waals surface area contributed by atoms with E-state index in [1.54, 1.807) is 0 Å². The number of hydrogen-bond acceptors (Lipinski definition) is 3. The summed E-state index contributed by atoms with van der Waals surface area (Å²) in [4.78, 5) is 24.1. The minimum atomic E-state index is -0.382. The van der Waals surface area contributed by atoms with E-state index < -0.39 is 0 Å². The van der Waals surface area contributed by atoms with E-state index >= 15 is 0 Å². The molecule has 2 fully saturated rings. The maximum atomic E-state index is 12.2. The highest BCUT2D eigenvalue weighted by Crippen LogP contribution is 2.24. The minimum Gasteiger partial charge on any atom is -0.490 e. The number of aryl methyl sites for hydroxylation is 1. The molecule has 1 aliphatic carbocycles. The Kier molecular flexibility index (Phi) is 6.31. The highest BCUT2D eigenvalue weighted by Gasteiger charge is 2.22. The SMILES string of the molecule is O=C(CCc1cccc(OC2CCCC2)c1)NC1CCCCNC1=O. The van der Waals surface area contributed by atoms with Crippen LogP contribution in [0.15, 0.2) is 24.3 Å². The second-order valence-electron chi connectivity index (χ2n) is 7.08. The quantitative estimate of drug-likeness (QED) is 0.834. The van der Waals surface area contributed by atoms with Crippen molar-refractivity contribution in [3.05, 3.63) is 29.8 Å². The van der Waals surface area contributed by atoms with Crippen molar-refractivity contribution in [2.24, 2.45) is 0 Å². The molecule has 1 heterocycles. The summed E-state index contributed by atoms with van der Waals surface area (Å²) in [6.45, 7) is 0.707. The molecule has 5 nitrogen and oxygen atoms in total. The average Bonchev–Trinajstić information content (AvgIpc) is 3.03. The van der Waals surface area contributed by atoms with Crippen LogP contribution in [0.3, 0.4) is 0 Å². The summed E-state index contributed by atoms with van der Waals surface area (Å²) in [7, 11) is 0. The van der Waals surface area contributed by atoms with E-state index in [0.717, 1.165) is 43.4 Å². The molecule has 1 unspecified atom stereocenters. The summed E-state index contributed by atoms with van der Waals surface area (Å²) in [5, 5.41) is 5.72. The van der Waals surface area contributed by atoms with Gasteiger partial charge in [0.05, 0.1) is 6.10 Å². The van der Waals surface area contributed by atoms with Crippen molar-refractivity contribution in [2.45, 2.75) is 69.9 Å². The lowest BCUT2D eigenvalue weighted by atomic mass is 10.1. The van der Waals surface area contributed by atoms with Crippen molar-refractivity contribution < 1.29 is 14.3 Å². The van der Waals surface area contributed by atoms with E-state index in [-0.39, 0.29) is 17.9 Å². The normalized spacial score (nSPS) is 21.4. The van der Waals surface area contributed by atoms with Gasteiger partial charge in [-0.15, -0.1) is 0 Å². The van der Waals surface area contributed by atoms with Crippen LogP contribution < -0.4 is 15.4 Å². The molecule has 0 aromatic heterocycles. The first-order valence-corrected chi connectivity index (χ1v) is 9.53. The van der Waals surface area contributed by atoms with Gasteiger partial charge in [-0.3, -0.25) is 9.59 Å². The van der Waals surface area contributed by atoms with Gasteiger partial charge >= 0.3 is 0 Å². The number of benzene rings is 1. The third-order valence-electron chi connectivity index (χ3n) is 5.01. The molecular weight excluding hydrogens is 316 g/mol. The van der Waals surface area contributed by atoms with Gasteiger partial charge in [-0.1, -0.05) is 12.1 Å². The molecule has 1 aromatic carbocycles. The van der Waals surface area contributed by atoms with Crippen molar-refractivity contribution in [2.75, 3.05) is 6.54 Å². The lowest BCUT2D eigenvalue weighted by Crippen LogP contribution is -2.45. The van der Waals surface area contributed by atoms with Gasteiger partial charge < -0.3 is 15.4 Å². The first-order chi connectivity index (χ1) is 12.2. The molecule has 1 atom stereocenters. The van der Waals surface area contributed by atoms with Crippen molar-refractivity contribution >= 4 is 11.8 Å². The Labute approximate surface area is 149 Å². The first kappa shape index (κ1) is 17.8. The zero-order valence-electron chi connectivity index (χ0n) is 14.8. The van der Waals surface area contributed by atoms with E-state index in [2.05, 4.69) is 10.6 Å². The second kappa shape index (κ2) is 8.88. The molecule has 0 spiro atoms. The number of nitrogens with one attached hydrogen (secondary N) is 2. The van der Waals surface area contributed by atoms with Crippen LogP contribution in [0.5, 0.6) is 5.75 Å². The molecule has 1 aliphatic heterocycles. The fraction of sp³-hybridized carbons (Fsp3) is 0.600. The molecule has 2 N–H and O–H groups in total. The summed E-state index contributed by atoms with van der Waals surface area (Å²) in [6.07, 6.45) is 8.81. The van der Waals surface area contributed by atoms with Crippen molar-refractivity contribution in [1.82, 2.24) is 10.6 Å². The zero-order valence-corrected chi connectivity index (χ0v) is 14.8. The Hall–Kier alpha value is -2.04. The Bertz CT molecular complexity index is 596. The second-order valence-corrected chi connectivity index (χ2v) is 7.08. The van der Waals surface area contributed by atoms with Crippen LogP contribution in [0.2, 0.25) is 0 Å². The maximum absolute atomic E-state index is 12.2. The Morgan fingerprint density at radius 2 is 1.96 bits per heavy atom. The molecular formula is C20H28N2O3. The first-order valence-electron chi connectivity index (χ1n) is 9.53. The summed E-state index contributed by atoms with van der Waals surface area (Å²) >= 11 is 0. The van der Waals surface area contributed by atoms with Gasteiger partial charge in [-0.05, 0) is 69.1 Å². The van der Waals surface area contributed by atoms with Crippen LogP contribution in [0.1, 0.15) is 56.9 Å². The average molecular weight is 344 g/mol. The Morgan fingerprint density at radius 3 is 2.80 bits per heavy atom. The molecule has 25 heavy (non-hydrogen) atoms. The maximum Gasteiger partial charge on any atom is 0.242 e. The molecule has 1 saturated heterocycles. The summed E-state index contributed by atoms with van der Waals surface area (Å²) in [6, 6.07) is 7.64. The zero-order chi connectivity index (χ0) is 17.5. The van der Waals surface area contributed by atoms with E-state index in [1.165, 1.54) is 12.8 Å². The smallest absolute Gasteiger partial charge is 0.242 e. The number of rotatable bonds is 6. The highest BCUT2D eigenvalue weighted by molar-refractivity contribution is 5.87. The van der Waals surface area contributed by atoms with Crippen LogP contribution in [-0.2, 0) is 16.0 Å². The fourth-order valence-electron chi connectivity index (χ4n) is 3.57. The Morgan fingerprint density at radius 1 is 1.16 bits per heavy atom. The van der Waals surface area contributed by atoms with Crippen molar-refractivity contribution in [3.8, 4) is 5.75 Å². The van der Waals surface area contributed by atoms with Gasteiger partial charge in [0.2, 0.25) is 11.8 Å². The predicted octanol–water partition coefficient (Wildman–Crippen LogP) is 2.73. The van der Waals surface area contributed by atoms with Crippen molar-refractivity contribution in [3.63, 3.8) is 0 Å². The van der Waals surface area contributed by atoms with Gasteiger partial charge in [-0.2, -0.15) is 0 Å². The third-order valence-corrected chi connectivity index (χ3v) is 5.01. The van der Waals surface area contributed by atoms with Crippen LogP contribution >= 0.6 is 0 Å². The molecule has 0 radical (unpaired) electrons. The molecule has 0 bridgehead atoms. The highest BCUT2D eigenvalue weighted by atomic mass is 16.5. The standard InChI is InChI=1S/C20H28N2O3/c23-19(22-18-10-3-4-13-21-20(18)24)12-11-15-6-5-9-17(14-15)25-16-7-1-2-8-16/h5-6,9,14,16,18H,1-4,7-8,10-13H2,(H,21,24)(H,22,23).